The second kappa shape index (κ2) is 5.73. The van der Waals surface area contributed by atoms with Crippen molar-refractivity contribution in [2.45, 2.75) is 6.92 Å². The third-order valence-electron chi connectivity index (χ3n) is 5.24. The van der Waals surface area contributed by atoms with Crippen LogP contribution in [0.5, 0.6) is 5.75 Å². The maximum absolute atomic E-state index is 5.96. The Balaban J connectivity index is 1.68. The van der Waals surface area contributed by atoms with Gasteiger partial charge >= 0.3 is 0 Å². The van der Waals surface area contributed by atoms with Crippen molar-refractivity contribution in [3.05, 3.63) is 48.3 Å². The Bertz CT molecular complexity index is 1190. The number of nitrogens with zero attached hydrogens (tertiary/aromatic N) is 3. The Morgan fingerprint density at radius 2 is 2.08 bits per heavy atom. The molecule has 0 aliphatic carbocycles. The van der Waals surface area contributed by atoms with Crippen LogP contribution in [-0.2, 0) is 7.05 Å². The first-order valence-electron chi connectivity index (χ1n) is 8.88. The summed E-state index contributed by atoms with van der Waals surface area (Å²) in [5.41, 5.74) is 3.75. The lowest BCUT2D eigenvalue weighted by Gasteiger charge is -2.07. The molecule has 1 aliphatic rings. The molecule has 0 unspecified atom stereocenters. The predicted molar refractivity (Wildman–Crippen MR) is 106 cm³/mol. The highest BCUT2D eigenvalue weighted by atomic mass is 16.5. The summed E-state index contributed by atoms with van der Waals surface area (Å²) < 4.78 is 8.23. The molecule has 0 bridgehead atoms. The molecule has 0 amide bonds. The van der Waals surface area contributed by atoms with E-state index in [1.807, 2.05) is 18.5 Å². The molecule has 0 saturated carbocycles. The quantitative estimate of drug-likeness (QED) is 0.618. The third-order valence-corrected chi connectivity index (χ3v) is 5.24. The summed E-state index contributed by atoms with van der Waals surface area (Å²) >= 11 is 0. The molecule has 3 heterocycles. The summed E-state index contributed by atoms with van der Waals surface area (Å²) in [4.78, 5) is 8.67. The second-order valence-electron chi connectivity index (χ2n) is 6.78. The third kappa shape index (κ3) is 2.24. The van der Waals surface area contributed by atoms with Gasteiger partial charge in [-0.1, -0.05) is 0 Å². The number of fused-ring (bicyclic) bond motifs is 4. The second-order valence-corrected chi connectivity index (χ2v) is 6.78. The van der Waals surface area contributed by atoms with Gasteiger partial charge in [0.1, 0.15) is 18.2 Å². The lowest BCUT2D eigenvalue weighted by atomic mass is 10.0. The Hall–Kier alpha value is -3.08. The fourth-order valence-electron chi connectivity index (χ4n) is 3.98. The highest BCUT2D eigenvalue weighted by molar-refractivity contribution is 6.14. The molecule has 0 fully saturated rings. The fourth-order valence-corrected chi connectivity index (χ4v) is 3.98. The first-order chi connectivity index (χ1) is 12.7. The molecular formula is C21H20N4O. The number of rotatable bonds is 3. The molecule has 2 aromatic carbocycles. The van der Waals surface area contributed by atoms with Crippen molar-refractivity contribution in [1.29, 1.82) is 0 Å². The molecule has 1 aliphatic heterocycles. The Morgan fingerprint density at radius 1 is 1.15 bits per heavy atom. The number of benzene rings is 2. The van der Waals surface area contributed by atoms with Crippen molar-refractivity contribution in [2.75, 3.05) is 19.7 Å². The Kier molecular flexibility index (Phi) is 3.35. The molecule has 2 aromatic heterocycles. The lowest BCUT2D eigenvalue weighted by molar-refractivity contribution is 0.374. The van der Waals surface area contributed by atoms with Crippen molar-refractivity contribution in [3.8, 4) is 5.75 Å². The highest BCUT2D eigenvalue weighted by Crippen LogP contribution is 2.36. The van der Waals surface area contributed by atoms with Crippen LogP contribution in [0.4, 0.5) is 0 Å². The van der Waals surface area contributed by atoms with Gasteiger partial charge in [0.25, 0.3) is 0 Å². The zero-order chi connectivity index (χ0) is 17.7. The van der Waals surface area contributed by atoms with Crippen LogP contribution in [0.3, 0.4) is 0 Å². The van der Waals surface area contributed by atoms with E-state index in [2.05, 4.69) is 58.1 Å². The van der Waals surface area contributed by atoms with Crippen LogP contribution >= 0.6 is 0 Å². The van der Waals surface area contributed by atoms with E-state index in [9.17, 15) is 0 Å². The average Bonchev–Trinajstić information content (AvgIpc) is 3.28. The molecule has 130 valence electrons. The standard InChI is InChI=1S/C21H20N4O/c1-13-16-5-6-22-11-14(16)9-18-17-10-15(26-12-20-23-7-8-24-20)3-4-19(17)25(2)21(13)18/h3-6,9-11H,7-8,12H2,1-2H3,(H,23,24). The summed E-state index contributed by atoms with van der Waals surface area (Å²) in [7, 11) is 2.13. The van der Waals surface area contributed by atoms with Gasteiger partial charge in [0, 0.05) is 47.7 Å². The summed E-state index contributed by atoms with van der Waals surface area (Å²) in [6.07, 6.45) is 3.79. The van der Waals surface area contributed by atoms with Crippen LogP contribution in [0.25, 0.3) is 32.6 Å². The number of aromatic nitrogens is 2. The largest absolute Gasteiger partial charge is 0.486 e. The summed E-state index contributed by atoms with van der Waals surface area (Å²) in [6, 6.07) is 10.6. The Morgan fingerprint density at radius 3 is 2.92 bits per heavy atom. The average molecular weight is 344 g/mol. The minimum Gasteiger partial charge on any atom is -0.486 e. The van der Waals surface area contributed by atoms with Gasteiger partial charge in [-0.2, -0.15) is 0 Å². The molecule has 0 atom stereocenters. The minimum absolute atomic E-state index is 0.488. The highest BCUT2D eigenvalue weighted by Gasteiger charge is 2.14. The SMILES string of the molecule is Cc1c2ccncc2cc2c3cc(OCC4=NCCN4)ccc3n(C)c12. The summed E-state index contributed by atoms with van der Waals surface area (Å²) in [5, 5.41) is 8.10. The topological polar surface area (TPSA) is 51.4 Å². The fraction of sp³-hybridized carbons (Fsp3) is 0.238. The number of hydrogen-bond donors (Lipinski definition) is 1. The van der Waals surface area contributed by atoms with Gasteiger partial charge in [0.2, 0.25) is 0 Å². The van der Waals surface area contributed by atoms with E-state index in [-0.39, 0.29) is 0 Å². The summed E-state index contributed by atoms with van der Waals surface area (Å²) in [5.74, 6) is 1.79. The normalized spacial score (nSPS) is 14.2. The molecule has 0 radical (unpaired) electrons. The first kappa shape index (κ1) is 15.2. The van der Waals surface area contributed by atoms with Gasteiger partial charge in [-0.15, -0.1) is 0 Å². The van der Waals surface area contributed by atoms with Crippen LogP contribution in [0.1, 0.15) is 5.56 Å². The van der Waals surface area contributed by atoms with Gasteiger partial charge < -0.3 is 14.6 Å². The summed E-state index contributed by atoms with van der Waals surface area (Å²) in [6.45, 7) is 4.41. The van der Waals surface area contributed by atoms with Crippen molar-refractivity contribution in [3.63, 3.8) is 0 Å². The van der Waals surface area contributed by atoms with E-state index in [4.69, 9.17) is 4.74 Å². The molecular weight excluding hydrogens is 324 g/mol. The number of aryl methyl sites for hydroxylation is 2. The van der Waals surface area contributed by atoms with E-state index in [0.717, 1.165) is 24.7 Å². The van der Waals surface area contributed by atoms with Gasteiger partial charge in [-0.25, -0.2) is 0 Å². The van der Waals surface area contributed by atoms with Crippen molar-refractivity contribution in [2.24, 2.45) is 12.0 Å². The molecule has 26 heavy (non-hydrogen) atoms. The maximum atomic E-state index is 5.96. The van der Waals surface area contributed by atoms with Gasteiger partial charge in [0.05, 0.1) is 12.1 Å². The smallest absolute Gasteiger partial charge is 0.145 e. The van der Waals surface area contributed by atoms with Crippen molar-refractivity contribution >= 4 is 38.4 Å². The molecule has 0 saturated heterocycles. The zero-order valence-electron chi connectivity index (χ0n) is 14.9. The predicted octanol–water partition coefficient (Wildman–Crippen LogP) is 3.57. The zero-order valence-corrected chi connectivity index (χ0v) is 14.9. The van der Waals surface area contributed by atoms with Crippen LogP contribution in [0, 0.1) is 6.92 Å². The van der Waals surface area contributed by atoms with Crippen molar-refractivity contribution in [1.82, 2.24) is 14.9 Å². The van der Waals surface area contributed by atoms with E-state index >= 15 is 0 Å². The number of nitrogens with one attached hydrogen (secondary N) is 1. The first-order valence-corrected chi connectivity index (χ1v) is 8.88. The lowest BCUT2D eigenvalue weighted by Crippen LogP contribution is -2.24. The number of hydrogen-bond acceptors (Lipinski definition) is 4. The van der Waals surface area contributed by atoms with Crippen molar-refractivity contribution < 1.29 is 4.74 Å². The van der Waals surface area contributed by atoms with E-state index in [1.165, 1.54) is 38.1 Å². The molecule has 5 nitrogen and oxygen atoms in total. The van der Waals surface area contributed by atoms with E-state index in [0.29, 0.717) is 6.61 Å². The number of pyridine rings is 1. The van der Waals surface area contributed by atoms with Gasteiger partial charge in [-0.3, -0.25) is 9.98 Å². The minimum atomic E-state index is 0.488. The van der Waals surface area contributed by atoms with Gasteiger partial charge in [-0.05, 0) is 48.2 Å². The van der Waals surface area contributed by atoms with E-state index < -0.39 is 0 Å². The number of aliphatic imine (C=N–C) groups is 1. The number of amidine groups is 1. The van der Waals surface area contributed by atoms with Crippen LogP contribution < -0.4 is 10.1 Å². The maximum Gasteiger partial charge on any atom is 0.145 e. The molecule has 4 aromatic rings. The molecule has 5 rings (SSSR count). The molecule has 1 N–H and O–H groups in total. The van der Waals surface area contributed by atoms with Crippen LogP contribution in [-0.4, -0.2) is 35.1 Å². The Labute approximate surface area is 151 Å². The van der Waals surface area contributed by atoms with Crippen LogP contribution in [0.2, 0.25) is 0 Å². The van der Waals surface area contributed by atoms with Gasteiger partial charge in [0.15, 0.2) is 0 Å². The molecule has 5 heteroatoms. The van der Waals surface area contributed by atoms with E-state index in [1.54, 1.807) is 0 Å². The monoisotopic (exact) mass is 344 g/mol. The number of ether oxygens (including phenoxy) is 1. The van der Waals surface area contributed by atoms with Crippen LogP contribution in [0.15, 0.2) is 47.7 Å². The molecule has 0 spiro atoms.